The highest BCUT2D eigenvalue weighted by molar-refractivity contribution is 5.82. The molecule has 162 valence electrons. The summed E-state index contributed by atoms with van der Waals surface area (Å²) in [6.07, 6.45) is 3.60. The van der Waals surface area contributed by atoms with Crippen LogP contribution in [0.15, 0.2) is 32.6 Å². The summed E-state index contributed by atoms with van der Waals surface area (Å²) in [6, 6.07) is 4.45. The zero-order valence-corrected chi connectivity index (χ0v) is 18.2. The Morgan fingerprint density at radius 3 is 2.29 bits per heavy atom. The number of halogens is 1. The lowest BCUT2D eigenvalue weighted by Crippen LogP contribution is -2.42. The van der Waals surface area contributed by atoms with Crippen molar-refractivity contribution < 1.29 is 4.39 Å². The minimum absolute atomic E-state index is 0.0190. The van der Waals surface area contributed by atoms with Crippen LogP contribution in [0.25, 0.3) is 16.7 Å². The molecule has 0 amide bonds. The Labute approximate surface area is 178 Å². The molecule has 0 spiro atoms. The molecule has 2 aliphatic rings. The third kappa shape index (κ3) is 2.93. The molecule has 5 rings (SSSR count). The van der Waals surface area contributed by atoms with Crippen LogP contribution in [0.2, 0.25) is 0 Å². The summed E-state index contributed by atoms with van der Waals surface area (Å²) in [5, 5.41) is 0.366. The van der Waals surface area contributed by atoms with Crippen molar-refractivity contribution in [2.24, 2.45) is 13.0 Å². The fraction of sp³-hybridized carbons (Fsp3) is 0.458. The van der Waals surface area contributed by atoms with Crippen molar-refractivity contribution in [3.05, 3.63) is 71.9 Å². The molecule has 3 aromatic rings. The molecule has 2 saturated carbocycles. The smallest absolute Gasteiger partial charge is 0.296 e. The van der Waals surface area contributed by atoms with Crippen LogP contribution in [0.3, 0.4) is 0 Å². The van der Waals surface area contributed by atoms with Crippen molar-refractivity contribution in [3.8, 4) is 5.69 Å². The molecule has 1 aromatic carbocycles. The summed E-state index contributed by atoms with van der Waals surface area (Å²) in [4.78, 5) is 40.4. The predicted octanol–water partition coefficient (Wildman–Crippen LogP) is 3.46. The Morgan fingerprint density at radius 2 is 1.71 bits per heavy atom. The average Bonchev–Trinajstić information content (AvgIpc) is 3.61. The predicted molar refractivity (Wildman–Crippen MR) is 118 cm³/mol. The van der Waals surface area contributed by atoms with Gasteiger partial charge in [0.25, 0.3) is 11.1 Å². The second kappa shape index (κ2) is 6.77. The Morgan fingerprint density at radius 1 is 1.03 bits per heavy atom. The third-order valence-corrected chi connectivity index (χ3v) is 6.92. The maximum Gasteiger partial charge on any atom is 0.337 e. The Kier molecular flexibility index (Phi) is 4.36. The van der Waals surface area contributed by atoms with Crippen molar-refractivity contribution in [3.63, 3.8) is 0 Å². The lowest BCUT2D eigenvalue weighted by Gasteiger charge is -2.22. The largest absolute Gasteiger partial charge is 0.337 e. The van der Waals surface area contributed by atoms with Gasteiger partial charge in [-0.1, -0.05) is 13.0 Å². The fourth-order valence-corrected chi connectivity index (χ4v) is 4.88. The molecule has 31 heavy (non-hydrogen) atoms. The van der Waals surface area contributed by atoms with Crippen molar-refractivity contribution in [2.45, 2.75) is 58.4 Å². The average molecular weight is 423 g/mol. The summed E-state index contributed by atoms with van der Waals surface area (Å²) in [7, 11) is 1.55. The van der Waals surface area contributed by atoms with Gasteiger partial charge in [-0.3, -0.25) is 18.7 Å². The third-order valence-electron chi connectivity index (χ3n) is 6.92. The normalized spacial score (nSPS) is 17.3. The molecular weight excluding hydrogens is 397 g/mol. The number of nitrogens with zero attached hydrogens (tertiary/aromatic N) is 3. The van der Waals surface area contributed by atoms with Gasteiger partial charge in [0.05, 0.1) is 11.1 Å². The number of hydrogen-bond acceptors (Lipinski definition) is 3. The molecule has 2 fully saturated rings. The van der Waals surface area contributed by atoms with Crippen molar-refractivity contribution >= 4 is 11.0 Å². The first kappa shape index (κ1) is 20.0. The lowest BCUT2D eigenvalue weighted by atomic mass is 9.90. The highest BCUT2D eigenvalue weighted by atomic mass is 19.1. The first-order valence-corrected chi connectivity index (χ1v) is 10.9. The van der Waals surface area contributed by atoms with Gasteiger partial charge in [-0.15, -0.1) is 0 Å². The summed E-state index contributed by atoms with van der Waals surface area (Å²) >= 11 is 0. The molecule has 0 N–H and O–H groups in total. The van der Waals surface area contributed by atoms with E-state index in [0.717, 1.165) is 31.2 Å². The van der Waals surface area contributed by atoms with Gasteiger partial charge in [-0.2, -0.15) is 0 Å². The first-order valence-electron chi connectivity index (χ1n) is 10.9. The highest BCUT2D eigenvalue weighted by Crippen LogP contribution is 2.44. The fourth-order valence-electron chi connectivity index (χ4n) is 4.88. The van der Waals surface area contributed by atoms with Crippen molar-refractivity contribution in [1.29, 1.82) is 0 Å². The van der Waals surface area contributed by atoms with Gasteiger partial charge in [-0.25, -0.2) is 13.8 Å². The van der Waals surface area contributed by atoms with E-state index in [1.165, 1.54) is 19.8 Å². The first-order chi connectivity index (χ1) is 14.7. The zero-order valence-electron chi connectivity index (χ0n) is 18.2. The van der Waals surface area contributed by atoms with Gasteiger partial charge in [0.15, 0.2) is 0 Å². The second-order valence-corrected chi connectivity index (χ2v) is 9.21. The Balaban J connectivity index is 2.03. The molecule has 0 radical (unpaired) electrons. The van der Waals surface area contributed by atoms with Gasteiger partial charge in [-0.05, 0) is 74.6 Å². The van der Waals surface area contributed by atoms with Gasteiger partial charge >= 0.3 is 5.69 Å². The SMILES string of the molecule is Cc1ccc(-n2c(=O)n(C3CC3)c(=O)c3c(C(C)C4CC4)c(C)c(=O)n(C)c32)c(F)c1. The maximum atomic E-state index is 15.1. The molecule has 0 aliphatic heterocycles. The van der Waals surface area contributed by atoms with E-state index in [0.29, 0.717) is 22.4 Å². The summed E-state index contributed by atoms with van der Waals surface area (Å²) in [6.45, 7) is 5.56. The van der Waals surface area contributed by atoms with Crippen molar-refractivity contribution in [2.75, 3.05) is 0 Å². The van der Waals surface area contributed by atoms with E-state index in [2.05, 4.69) is 0 Å². The zero-order chi connectivity index (χ0) is 22.2. The van der Waals surface area contributed by atoms with E-state index in [-0.39, 0.29) is 34.4 Å². The van der Waals surface area contributed by atoms with E-state index in [9.17, 15) is 14.4 Å². The van der Waals surface area contributed by atoms with E-state index >= 15 is 4.39 Å². The van der Waals surface area contributed by atoms with E-state index in [1.54, 1.807) is 33.0 Å². The topological polar surface area (TPSA) is 66.0 Å². The monoisotopic (exact) mass is 423 g/mol. The number of pyridine rings is 1. The van der Waals surface area contributed by atoms with E-state index in [1.807, 2.05) is 6.92 Å². The summed E-state index contributed by atoms with van der Waals surface area (Å²) < 4.78 is 18.9. The Hall–Kier alpha value is -2.96. The molecule has 7 heteroatoms. The van der Waals surface area contributed by atoms with Crippen LogP contribution >= 0.6 is 0 Å². The minimum Gasteiger partial charge on any atom is -0.296 e. The van der Waals surface area contributed by atoms with Crippen LogP contribution in [0, 0.1) is 25.6 Å². The van der Waals surface area contributed by atoms with Crippen molar-refractivity contribution in [1.82, 2.24) is 13.7 Å². The van der Waals surface area contributed by atoms with Gasteiger partial charge in [0.2, 0.25) is 0 Å². The second-order valence-electron chi connectivity index (χ2n) is 9.21. The molecule has 2 aliphatic carbocycles. The molecule has 2 heterocycles. The number of benzene rings is 1. The highest BCUT2D eigenvalue weighted by Gasteiger charge is 2.36. The molecular formula is C24H26FN3O3. The molecule has 0 bridgehead atoms. The van der Waals surface area contributed by atoms with Crippen LogP contribution in [0.1, 0.15) is 61.3 Å². The molecule has 1 unspecified atom stereocenters. The van der Waals surface area contributed by atoms with E-state index < -0.39 is 11.5 Å². The van der Waals surface area contributed by atoms with Crippen LogP contribution in [-0.2, 0) is 7.05 Å². The Bertz CT molecular complexity index is 1420. The number of hydrogen-bond donors (Lipinski definition) is 0. The van der Waals surface area contributed by atoms with E-state index in [4.69, 9.17) is 0 Å². The standard InChI is InChI=1S/C24H26FN3O3/c1-12-5-10-18(17(25)11-12)28-21-20(23(30)27(24(28)31)16-8-9-16)19(13(2)15-6-7-15)14(3)22(29)26(21)4/h5,10-11,13,15-16H,6-9H2,1-4H3. The van der Waals surface area contributed by atoms with Gasteiger partial charge in [0.1, 0.15) is 11.5 Å². The minimum atomic E-state index is -0.591. The van der Waals surface area contributed by atoms with Crippen LogP contribution in [0.5, 0.6) is 0 Å². The van der Waals surface area contributed by atoms with Gasteiger partial charge < -0.3 is 0 Å². The number of rotatable bonds is 4. The number of aryl methyl sites for hydroxylation is 2. The summed E-state index contributed by atoms with van der Waals surface area (Å²) in [5.41, 5.74) is 0.969. The van der Waals surface area contributed by atoms with Crippen LogP contribution in [0.4, 0.5) is 4.39 Å². The summed E-state index contributed by atoms with van der Waals surface area (Å²) in [5.74, 6) is -0.126. The van der Waals surface area contributed by atoms with Crippen LogP contribution in [-0.4, -0.2) is 13.7 Å². The number of fused-ring (bicyclic) bond motifs is 1. The molecule has 2 aromatic heterocycles. The molecule has 0 saturated heterocycles. The molecule has 6 nitrogen and oxygen atoms in total. The quantitative estimate of drug-likeness (QED) is 0.646. The van der Waals surface area contributed by atoms with Crippen LogP contribution < -0.4 is 16.8 Å². The van der Waals surface area contributed by atoms with Gasteiger partial charge in [0, 0.05) is 18.7 Å². The maximum absolute atomic E-state index is 15.1. The lowest BCUT2D eigenvalue weighted by molar-refractivity contribution is 0.593. The molecule has 1 atom stereocenters. The number of aromatic nitrogens is 3.